The third-order valence-corrected chi connectivity index (χ3v) is 3.32. The van der Waals surface area contributed by atoms with E-state index in [0.717, 1.165) is 0 Å². The van der Waals surface area contributed by atoms with Crippen molar-refractivity contribution in [3.8, 4) is 0 Å². The largest absolute Gasteiger partial charge is 0.394 e. The molecule has 0 saturated carbocycles. The molecule has 1 aliphatic rings. The number of aryl methyl sites for hydroxylation is 2. The van der Waals surface area contributed by atoms with Crippen LogP contribution in [-0.4, -0.2) is 51.7 Å². The number of hydrogen-bond acceptors (Lipinski definition) is 6. The van der Waals surface area contributed by atoms with Gasteiger partial charge in [-0.25, -0.2) is 4.68 Å². The molecule has 0 radical (unpaired) electrons. The molecule has 1 aromatic heterocycles. The van der Waals surface area contributed by atoms with Crippen molar-refractivity contribution in [2.75, 3.05) is 24.7 Å². The van der Waals surface area contributed by atoms with Crippen LogP contribution in [0.5, 0.6) is 0 Å². The topological polar surface area (TPSA) is 93.7 Å². The smallest absolute Gasteiger partial charge is 0.333 e. The van der Waals surface area contributed by atoms with Gasteiger partial charge in [-0.1, -0.05) is 0 Å². The molecule has 0 aromatic carbocycles. The van der Waals surface area contributed by atoms with Crippen molar-refractivity contribution in [2.45, 2.75) is 26.0 Å². The third kappa shape index (κ3) is 2.41. The second-order valence-electron chi connectivity index (χ2n) is 4.78. The van der Waals surface area contributed by atoms with E-state index in [9.17, 15) is 15.2 Å². The van der Waals surface area contributed by atoms with E-state index in [-0.39, 0.29) is 24.4 Å². The summed E-state index contributed by atoms with van der Waals surface area (Å²) >= 11 is 0. The van der Waals surface area contributed by atoms with Crippen LogP contribution in [0.4, 0.5) is 11.5 Å². The van der Waals surface area contributed by atoms with Gasteiger partial charge in [-0.2, -0.15) is 5.10 Å². The van der Waals surface area contributed by atoms with Crippen molar-refractivity contribution in [3.63, 3.8) is 0 Å². The van der Waals surface area contributed by atoms with Crippen LogP contribution in [0.25, 0.3) is 0 Å². The Morgan fingerprint density at radius 3 is 2.89 bits per heavy atom. The molecule has 1 aliphatic heterocycles. The number of aliphatic hydroxyl groups is 1. The zero-order valence-corrected chi connectivity index (χ0v) is 11.2. The van der Waals surface area contributed by atoms with Crippen LogP contribution >= 0.6 is 0 Å². The first-order valence-electron chi connectivity index (χ1n) is 6.12. The number of nitro groups is 1. The Morgan fingerprint density at radius 1 is 1.63 bits per heavy atom. The van der Waals surface area contributed by atoms with E-state index in [1.54, 1.807) is 14.0 Å². The van der Waals surface area contributed by atoms with E-state index >= 15 is 0 Å². The molecule has 8 heteroatoms. The van der Waals surface area contributed by atoms with Gasteiger partial charge < -0.3 is 14.7 Å². The maximum atomic E-state index is 11.2. The van der Waals surface area contributed by atoms with Crippen LogP contribution in [-0.2, 0) is 11.8 Å². The van der Waals surface area contributed by atoms with Gasteiger partial charge in [-0.05, 0) is 13.8 Å². The standard InChI is InChI=1S/C11H18N4O4/c1-7-6-19-9(5-16)4-14(7)11-10(15(17)18)8(2)12-13(11)3/h7,9,16H,4-6H2,1-3H3. The van der Waals surface area contributed by atoms with E-state index in [0.29, 0.717) is 24.7 Å². The van der Waals surface area contributed by atoms with Gasteiger partial charge >= 0.3 is 5.69 Å². The zero-order valence-electron chi connectivity index (χ0n) is 11.2. The summed E-state index contributed by atoms with van der Waals surface area (Å²) in [7, 11) is 1.69. The number of rotatable bonds is 3. The molecule has 2 atom stereocenters. The minimum Gasteiger partial charge on any atom is -0.394 e. The highest BCUT2D eigenvalue weighted by molar-refractivity contribution is 5.62. The molecular formula is C11H18N4O4. The molecular weight excluding hydrogens is 252 g/mol. The summed E-state index contributed by atoms with van der Waals surface area (Å²) in [5.74, 6) is 0.469. The molecule has 1 saturated heterocycles. The molecule has 0 spiro atoms. The summed E-state index contributed by atoms with van der Waals surface area (Å²) in [6.45, 7) is 4.29. The first kappa shape index (κ1) is 13.8. The SMILES string of the molecule is Cc1nn(C)c(N2CC(CO)OCC2C)c1[N+](=O)[O-]. The lowest BCUT2D eigenvalue weighted by Crippen LogP contribution is -2.50. The average Bonchev–Trinajstić information content (AvgIpc) is 2.65. The van der Waals surface area contributed by atoms with Gasteiger partial charge in [-0.3, -0.25) is 10.1 Å². The van der Waals surface area contributed by atoms with Gasteiger partial charge in [0, 0.05) is 13.6 Å². The molecule has 2 rings (SSSR count). The van der Waals surface area contributed by atoms with Crippen molar-refractivity contribution in [2.24, 2.45) is 7.05 Å². The van der Waals surface area contributed by atoms with Crippen molar-refractivity contribution in [1.82, 2.24) is 9.78 Å². The molecule has 1 aromatic rings. The number of aliphatic hydroxyl groups excluding tert-OH is 1. The number of nitrogens with zero attached hydrogens (tertiary/aromatic N) is 4. The van der Waals surface area contributed by atoms with Gasteiger partial charge in [0.15, 0.2) is 0 Å². The van der Waals surface area contributed by atoms with E-state index in [4.69, 9.17) is 4.74 Å². The minimum absolute atomic E-state index is 0.00343. The maximum absolute atomic E-state index is 11.2. The summed E-state index contributed by atoms with van der Waals surface area (Å²) < 4.78 is 6.96. The fourth-order valence-corrected chi connectivity index (χ4v) is 2.39. The van der Waals surface area contributed by atoms with Gasteiger partial charge in [0.1, 0.15) is 5.69 Å². The van der Waals surface area contributed by atoms with Gasteiger partial charge in [0.05, 0.1) is 30.3 Å². The molecule has 0 bridgehead atoms. The highest BCUT2D eigenvalue weighted by Gasteiger charge is 2.34. The summed E-state index contributed by atoms with van der Waals surface area (Å²) in [4.78, 5) is 12.7. The molecule has 1 fully saturated rings. The van der Waals surface area contributed by atoms with Crippen LogP contribution in [0.3, 0.4) is 0 Å². The van der Waals surface area contributed by atoms with Crippen LogP contribution in [0, 0.1) is 17.0 Å². The van der Waals surface area contributed by atoms with E-state index in [1.807, 2.05) is 11.8 Å². The zero-order chi connectivity index (χ0) is 14.2. The van der Waals surface area contributed by atoms with E-state index < -0.39 is 4.92 Å². The Kier molecular flexibility index (Phi) is 3.72. The Morgan fingerprint density at radius 2 is 2.32 bits per heavy atom. The second-order valence-corrected chi connectivity index (χ2v) is 4.78. The first-order chi connectivity index (χ1) is 8.95. The lowest BCUT2D eigenvalue weighted by atomic mass is 10.2. The molecule has 19 heavy (non-hydrogen) atoms. The molecule has 8 nitrogen and oxygen atoms in total. The maximum Gasteiger partial charge on any atom is 0.333 e. The number of anilines is 1. The highest BCUT2D eigenvalue weighted by atomic mass is 16.6. The van der Waals surface area contributed by atoms with Crippen LogP contribution in [0.15, 0.2) is 0 Å². The molecule has 1 N–H and O–H groups in total. The number of aromatic nitrogens is 2. The Bertz CT molecular complexity index is 487. The van der Waals surface area contributed by atoms with Crippen LogP contribution in [0.1, 0.15) is 12.6 Å². The van der Waals surface area contributed by atoms with Crippen molar-refractivity contribution >= 4 is 11.5 Å². The van der Waals surface area contributed by atoms with Crippen LogP contribution in [0.2, 0.25) is 0 Å². The normalized spacial score (nSPS) is 23.7. The number of hydrogen-bond donors (Lipinski definition) is 1. The monoisotopic (exact) mass is 270 g/mol. The molecule has 106 valence electrons. The van der Waals surface area contributed by atoms with Crippen molar-refractivity contribution < 1.29 is 14.8 Å². The number of ether oxygens (including phenoxy) is 1. The lowest BCUT2D eigenvalue weighted by molar-refractivity contribution is -0.384. The highest BCUT2D eigenvalue weighted by Crippen LogP contribution is 2.33. The summed E-state index contributed by atoms with van der Waals surface area (Å²) in [5.41, 5.74) is 0.412. The summed E-state index contributed by atoms with van der Waals surface area (Å²) in [5, 5.41) is 24.5. The fraction of sp³-hybridized carbons (Fsp3) is 0.727. The first-order valence-corrected chi connectivity index (χ1v) is 6.12. The summed E-state index contributed by atoms with van der Waals surface area (Å²) in [6.07, 6.45) is -0.328. The average molecular weight is 270 g/mol. The van der Waals surface area contributed by atoms with Gasteiger partial charge in [-0.15, -0.1) is 0 Å². The second kappa shape index (κ2) is 5.14. The van der Waals surface area contributed by atoms with Crippen LogP contribution < -0.4 is 4.90 Å². The molecule has 0 amide bonds. The van der Waals surface area contributed by atoms with Crippen molar-refractivity contribution in [1.29, 1.82) is 0 Å². The summed E-state index contributed by atoms with van der Waals surface area (Å²) in [6, 6.07) is -0.00343. The van der Waals surface area contributed by atoms with Crippen molar-refractivity contribution in [3.05, 3.63) is 15.8 Å². The van der Waals surface area contributed by atoms with Gasteiger partial charge in [0.2, 0.25) is 5.82 Å². The van der Waals surface area contributed by atoms with E-state index in [1.165, 1.54) is 4.68 Å². The third-order valence-electron chi connectivity index (χ3n) is 3.32. The Labute approximate surface area is 110 Å². The quantitative estimate of drug-likeness (QED) is 0.624. The van der Waals surface area contributed by atoms with Gasteiger partial charge in [0.25, 0.3) is 0 Å². The number of morpholine rings is 1. The molecule has 2 heterocycles. The fourth-order valence-electron chi connectivity index (χ4n) is 2.39. The predicted molar refractivity (Wildman–Crippen MR) is 68.2 cm³/mol. The molecule has 0 aliphatic carbocycles. The Hall–Kier alpha value is -1.67. The molecule has 2 unspecified atom stereocenters. The minimum atomic E-state index is -0.409. The lowest BCUT2D eigenvalue weighted by Gasteiger charge is -2.38. The van der Waals surface area contributed by atoms with E-state index in [2.05, 4.69) is 5.10 Å². The Balaban J connectivity index is 2.42. The predicted octanol–water partition coefficient (Wildman–Crippen LogP) is 0.223.